The molecule has 0 aromatic heterocycles. The molecule has 0 amide bonds. The number of aliphatic carboxylic acids is 1. The molecule has 0 aromatic rings. The number of hydrogen-bond donors (Lipinski definition) is 2. The number of carbonyl (C=O) groups is 1. The number of alkyl halides is 3. The Morgan fingerprint density at radius 1 is 1.54 bits per heavy atom. The van der Waals surface area contributed by atoms with Gasteiger partial charge < -0.3 is 10.8 Å². The largest absolute Gasteiger partial charge is 0.481 e. The molecule has 0 saturated heterocycles. The van der Waals surface area contributed by atoms with Crippen molar-refractivity contribution in [2.45, 2.75) is 31.0 Å². The molecule has 0 aliphatic heterocycles. The zero-order valence-corrected chi connectivity index (χ0v) is 6.77. The van der Waals surface area contributed by atoms with Gasteiger partial charge in [0.2, 0.25) is 0 Å². The van der Waals surface area contributed by atoms with Gasteiger partial charge in [-0.1, -0.05) is 6.42 Å². The first-order chi connectivity index (χ1) is 5.79. The molecule has 6 heteroatoms. The van der Waals surface area contributed by atoms with Crippen LogP contribution in [0.2, 0.25) is 0 Å². The Labute approximate surface area is 72.7 Å². The maximum Gasteiger partial charge on any atom is 0.407 e. The predicted octanol–water partition coefficient (Wildman–Crippen LogP) is 1.13. The summed E-state index contributed by atoms with van der Waals surface area (Å²) in [4.78, 5) is 10.5. The number of rotatable bonds is 1. The highest BCUT2D eigenvalue weighted by Gasteiger charge is 2.61. The number of nitrogens with two attached hydrogens (primary N) is 1. The van der Waals surface area contributed by atoms with Crippen molar-refractivity contribution >= 4 is 5.97 Å². The standard InChI is InChI=1S/C7H10F3NO2/c8-7(9,10)6(11)3-1-2-4(6)5(12)13/h4H,1-3,11H2,(H,12,13)/t4-,6+/m0/s1. The van der Waals surface area contributed by atoms with Gasteiger partial charge in [-0.15, -0.1) is 0 Å². The van der Waals surface area contributed by atoms with E-state index < -0.39 is 23.6 Å². The van der Waals surface area contributed by atoms with Gasteiger partial charge in [-0.3, -0.25) is 4.79 Å². The molecule has 0 radical (unpaired) electrons. The van der Waals surface area contributed by atoms with E-state index in [-0.39, 0.29) is 19.3 Å². The number of carboxylic acid groups (broad SMARTS) is 1. The molecule has 3 N–H and O–H groups in total. The molecular weight excluding hydrogens is 187 g/mol. The monoisotopic (exact) mass is 197 g/mol. The molecule has 0 spiro atoms. The normalized spacial score (nSPS) is 34.9. The zero-order valence-electron chi connectivity index (χ0n) is 6.77. The summed E-state index contributed by atoms with van der Waals surface area (Å²) in [5.41, 5.74) is 2.55. The Kier molecular flexibility index (Phi) is 2.27. The third kappa shape index (κ3) is 1.50. The first kappa shape index (κ1) is 10.3. The van der Waals surface area contributed by atoms with E-state index in [1.54, 1.807) is 0 Å². The summed E-state index contributed by atoms with van der Waals surface area (Å²) in [5.74, 6) is -2.95. The molecule has 0 aromatic carbocycles. The molecule has 0 heterocycles. The lowest BCUT2D eigenvalue weighted by Gasteiger charge is -2.30. The van der Waals surface area contributed by atoms with E-state index in [1.807, 2.05) is 0 Å². The lowest BCUT2D eigenvalue weighted by Crippen LogP contribution is -2.58. The van der Waals surface area contributed by atoms with E-state index in [9.17, 15) is 18.0 Å². The molecule has 1 fully saturated rings. The van der Waals surface area contributed by atoms with Gasteiger partial charge in [0, 0.05) is 0 Å². The lowest BCUT2D eigenvalue weighted by molar-refractivity contribution is -0.201. The van der Waals surface area contributed by atoms with Crippen LogP contribution in [0.1, 0.15) is 19.3 Å². The van der Waals surface area contributed by atoms with Gasteiger partial charge in [0.15, 0.2) is 0 Å². The van der Waals surface area contributed by atoms with Crippen LogP contribution in [-0.4, -0.2) is 22.8 Å². The van der Waals surface area contributed by atoms with Gasteiger partial charge in [0.25, 0.3) is 0 Å². The number of hydrogen-bond acceptors (Lipinski definition) is 2. The fraction of sp³-hybridized carbons (Fsp3) is 0.857. The topological polar surface area (TPSA) is 63.3 Å². The first-order valence-corrected chi connectivity index (χ1v) is 3.87. The van der Waals surface area contributed by atoms with Crippen LogP contribution >= 0.6 is 0 Å². The van der Waals surface area contributed by atoms with Gasteiger partial charge in [-0.2, -0.15) is 13.2 Å². The number of halogens is 3. The van der Waals surface area contributed by atoms with Crippen LogP contribution in [0.25, 0.3) is 0 Å². The van der Waals surface area contributed by atoms with Crippen molar-refractivity contribution in [2.75, 3.05) is 0 Å². The quantitative estimate of drug-likeness (QED) is 0.662. The molecule has 1 saturated carbocycles. The van der Waals surface area contributed by atoms with Crippen molar-refractivity contribution in [3.8, 4) is 0 Å². The Balaban J connectivity index is 2.95. The molecular formula is C7H10F3NO2. The Morgan fingerprint density at radius 2 is 2.08 bits per heavy atom. The summed E-state index contributed by atoms with van der Waals surface area (Å²) < 4.78 is 37.1. The first-order valence-electron chi connectivity index (χ1n) is 3.87. The Bertz CT molecular complexity index is 228. The molecule has 1 aliphatic carbocycles. The minimum absolute atomic E-state index is 0.00530. The van der Waals surface area contributed by atoms with E-state index in [1.165, 1.54) is 0 Å². The molecule has 3 nitrogen and oxygen atoms in total. The highest BCUT2D eigenvalue weighted by atomic mass is 19.4. The van der Waals surface area contributed by atoms with Crippen LogP contribution in [0.3, 0.4) is 0 Å². The summed E-state index contributed by atoms with van der Waals surface area (Å²) in [6.07, 6.45) is -4.71. The summed E-state index contributed by atoms with van der Waals surface area (Å²) in [5, 5.41) is 8.53. The molecule has 0 bridgehead atoms. The van der Waals surface area contributed by atoms with Gasteiger partial charge in [-0.05, 0) is 12.8 Å². The molecule has 2 atom stereocenters. The highest BCUT2D eigenvalue weighted by molar-refractivity contribution is 5.72. The van der Waals surface area contributed by atoms with Crippen LogP contribution in [0.5, 0.6) is 0 Å². The van der Waals surface area contributed by atoms with Crippen LogP contribution in [0.15, 0.2) is 0 Å². The maximum atomic E-state index is 12.4. The van der Waals surface area contributed by atoms with Crippen LogP contribution in [-0.2, 0) is 4.79 Å². The molecule has 0 unspecified atom stereocenters. The molecule has 1 aliphatic rings. The SMILES string of the molecule is N[C@]1(C(F)(F)F)CCC[C@H]1C(=O)O. The second-order valence-electron chi connectivity index (χ2n) is 3.32. The molecule has 1 rings (SSSR count). The molecule has 76 valence electrons. The van der Waals surface area contributed by atoms with Crippen molar-refractivity contribution in [1.29, 1.82) is 0 Å². The third-order valence-electron chi connectivity index (χ3n) is 2.53. The van der Waals surface area contributed by atoms with E-state index in [0.29, 0.717) is 0 Å². The zero-order chi connectivity index (χ0) is 10.3. The van der Waals surface area contributed by atoms with E-state index in [0.717, 1.165) is 0 Å². The summed E-state index contributed by atoms with van der Waals surface area (Å²) >= 11 is 0. The molecule has 13 heavy (non-hydrogen) atoms. The number of carboxylic acids is 1. The second kappa shape index (κ2) is 2.87. The van der Waals surface area contributed by atoms with Crippen molar-refractivity contribution in [3.05, 3.63) is 0 Å². The van der Waals surface area contributed by atoms with Crippen LogP contribution in [0, 0.1) is 5.92 Å². The Morgan fingerprint density at radius 3 is 2.38 bits per heavy atom. The van der Waals surface area contributed by atoms with Crippen molar-refractivity contribution < 1.29 is 23.1 Å². The van der Waals surface area contributed by atoms with E-state index in [4.69, 9.17) is 10.8 Å². The third-order valence-corrected chi connectivity index (χ3v) is 2.53. The van der Waals surface area contributed by atoms with Crippen LogP contribution in [0.4, 0.5) is 13.2 Å². The summed E-state index contributed by atoms with van der Waals surface area (Å²) in [6.45, 7) is 0. The average molecular weight is 197 g/mol. The van der Waals surface area contributed by atoms with Gasteiger partial charge in [0.1, 0.15) is 5.54 Å². The minimum atomic E-state index is -4.63. The Hall–Kier alpha value is -0.780. The fourth-order valence-electron chi connectivity index (χ4n) is 1.71. The van der Waals surface area contributed by atoms with E-state index >= 15 is 0 Å². The van der Waals surface area contributed by atoms with Crippen molar-refractivity contribution in [3.63, 3.8) is 0 Å². The van der Waals surface area contributed by atoms with Gasteiger partial charge >= 0.3 is 12.1 Å². The fourth-order valence-corrected chi connectivity index (χ4v) is 1.71. The second-order valence-corrected chi connectivity index (χ2v) is 3.32. The van der Waals surface area contributed by atoms with Gasteiger partial charge in [0.05, 0.1) is 5.92 Å². The van der Waals surface area contributed by atoms with Crippen LogP contribution < -0.4 is 5.73 Å². The smallest absolute Gasteiger partial charge is 0.407 e. The summed E-state index contributed by atoms with van der Waals surface area (Å²) in [6, 6.07) is 0. The van der Waals surface area contributed by atoms with E-state index in [2.05, 4.69) is 0 Å². The van der Waals surface area contributed by atoms with Crippen molar-refractivity contribution in [1.82, 2.24) is 0 Å². The summed E-state index contributed by atoms with van der Waals surface area (Å²) in [7, 11) is 0. The van der Waals surface area contributed by atoms with Crippen molar-refractivity contribution in [2.24, 2.45) is 11.7 Å². The maximum absolute atomic E-state index is 12.4. The highest BCUT2D eigenvalue weighted by Crippen LogP contribution is 2.44. The predicted molar refractivity (Wildman–Crippen MR) is 38.0 cm³/mol. The lowest BCUT2D eigenvalue weighted by atomic mass is 9.87. The average Bonchev–Trinajstić information content (AvgIpc) is 2.30. The van der Waals surface area contributed by atoms with Gasteiger partial charge in [-0.25, -0.2) is 0 Å². The minimum Gasteiger partial charge on any atom is -0.481 e.